The van der Waals surface area contributed by atoms with Gasteiger partial charge in [0, 0.05) is 12.5 Å². The Morgan fingerprint density at radius 2 is 2.21 bits per heavy atom. The van der Waals surface area contributed by atoms with Crippen molar-refractivity contribution >= 4 is 5.91 Å². The Morgan fingerprint density at radius 1 is 1.42 bits per heavy atom. The van der Waals surface area contributed by atoms with Crippen LogP contribution in [0.3, 0.4) is 0 Å². The van der Waals surface area contributed by atoms with Gasteiger partial charge in [-0.1, -0.05) is 6.07 Å². The second-order valence-electron chi connectivity index (χ2n) is 6.87. The van der Waals surface area contributed by atoms with E-state index in [1.54, 1.807) is 12.1 Å². The molecule has 0 saturated carbocycles. The van der Waals surface area contributed by atoms with E-state index in [-0.39, 0.29) is 29.9 Å². The molecule has 7 heteroatoms. The van der Waals surface area contributed by atoms with Crippen molar-refractivity contribution in [2.75, 3.05) is 0 Å². The normalized spacial score (nSPS) is 17.8. The van der Waals surface area contributed by atoms with Gasteiger partial charge < -0.3 is 10.1 Å². The number of carbonyl (C=O) groups excluding carboxylic acids is 1. The lowest BCUT2D eigenvalue weighted by atomic mass is 10.1. The minimum absolute atomic E-state index is 0.0287. The number of amides is 1. The monoisotopic (exact) mass is 332 g/mol. The van der Waals surface area contributed by atoms with Gasteiger partial charge in [0.15, 0.2) is 5.82 Å². The van der Waals surface area contributed by atoms with Crippen LogP contribution in [0.25, 0.3) is 0 Å². The topological polar surface area (TPSA) is 69.0 Å². The van der Waals surface area contributed by atoms with Crippen LogP contribution >= 0.6 is 0 Å². The molecule has 1 aromatic carbocycles. The molecule has 128 valence electrons. The van der Waals surface area contributed by atoms with Gasteiger partial charge in [-0.2, -0.15) is 5.10 Å². The van der Waals surface area contributed by atoms with Gasteiger partial charge in [0.1, 0.15) is 24.0 Å². The molecule has 1 aliphatic heterocycles. The molecule has 24 heavy (non-hydrogen) atoms. The summed E-state index contributed by atoms with van der Waals surface area (Å²) in [6.07, 6.45) is 1.20. The van der Waals surface area contributed by atoms with E-state index >= 15 is 0 Å². The number of halogens is 1. The highest BCUT2D eigenvalue weighted by Crippen LogP contribution is 2.26. The van der Waals surface area contributed by atoms with Crippen molar-refractivity contribution in [3.8, 4) is 5.75 Å². The van der Waals surface area contributed by atoms with Crippen molar-refractivity contribution in [2.45, 2.75) is 51.8 Å². The molecule has 1 amide bonds. The summed E-state index contributed by atoms with van der Waals surface area (Å²) in [6, 6.07) is 5.82. The van der Waals surface area contributed by atoms with E-state index in [1.807, 2.05) is 25.5 Å². The van der Waals surface area contributed by atoms with Crippen LogP contribution in [0.4, 0.5) is 4.39 Å². The number of nitrogens with one attached hydrogen (secondary N) is 1. The van der Waals surface area contributed by atoms with Gasteiger partial charge in [-0.25, -0.2) is 14.1 Å². The van der Waals surface area contributed by atoms with Crippen LogP contribution in [-0.2, 0) is 16.9 Å². The van der Waals surface area contributed by atoms with Gasteiger partial charge in [0.25, 0.3) is 0 Å². The van der Waals surface area contributed by atoms with E-state index in [0.717, 1.165) is 5.82 Å². The minimum Gasteiger partial charge on any atom is -0.485 e. The fourth-order valence-electron chi connectivity index (χ4n) is 2.66. The Kier molecular flexibility index (Phi) is 4.26. The number of carbonyl (C=O) groups is 1. The highest BCUT2D eigenvalue weighted by atomic mass is 19.1. The molecule has 1 fully saturated rings. The molecular formula is C17H21FN4O2. The van der Waals surface area contributed by atoms with Crippen molar-refractivity contribution in [1.29, 1.82) is 0 Å². The number of aromatic nitrogens is 3. The molecule has 2 heterocycles. The highest BCUT2D eigenvalue weighted by molar-refractivity contribution is 5.78. The van der Waals surface area contributed by atoms with Crippen molar-refractivity contribution in [3.63, 3.8) is 0 Å². The average molecular weight is 332 g/mol. The standard InChI is InChI=1S/C17H21FN4O2/c1-17(2,3)22-16(13-7-8-15(23)19-13)20-14(21-22)10-24-12-6-4-5-11(18)9-12/h4-6,9,13H,7-8,10H2,1-3H3,(H,19,23). The molecule has 1 aromatic heterocycles. The molecule has 0 aliphatic carbocycles. The second kappa shape index (κ2) is 6.22. The van der Waals surface area contributed by atoms with Gasteiger partial charge in [0.2, 0.25) is 5.91 Å². The Hall–Kier alpha value is -2.44. The zero-order valence-electron chi connectivity index (χ0n) is 14.0. The van der Waals surface area contributed by atoms with E-state index < -0.39 is 0 Å². The molecule has 3 rings (SSSR count). The molecule has 1 N–H and O–H groups in total. The zero-order valence-corrected chi connectivity index (χ0v) is 14.0. The summed E-state index contributed by atoms with van der Waals surface area (Å²) in [5, 5.41) is 7.45. The molecule has 1 unspecified atom stereocenters. The van der Waals surface area contributed by atoms with Crippen LogP contribution in [0.1, 0.15) is 51.3 Å². The summed E-state index contributed by atoms with van der Waals surface area (Å²) in [6.45, 7) is 6.22. The van der Waals surface area contributed by atoms with Crippen LogP contribution < -0.4 is 10.1 Å². The lowest BCUT2D eigenvalue weighted by Crippen LogP contribution is -2.30. The quantitative estimate of drug-likeness (QED) is 0.935. The Labute approximate surface area is 140 Å². The summed E-state index contributed by atoms with van der Waals surface area (Å²) in [5.41, 5.74) is -0.271. The highest BCUT2D eigenvalue weighted by Gasteiger charge is 2.31. The number of rotatable bonds is 4. The molecule has 1 aliphatic rings. The third kappa shape index (κ3) is 3.55. The molecule has 0 bridgehead atoms. The van der Waals surface area contributed by atoms with E-state index in [0.29, 0.717) is 24.4 Å². The van der Waals surface area contributed by atoms with Crippen LogP contribution in [-0.4, -0.2) is 20.7 Å². The number of hydrogen-bond acceptors (Lipinski definition) is 4. The maximum absolute atomic E-state index is 13.2. The fourth-order valence-corrected chi connectivity index (χ4v) is 2.66. The molecule has 0 spiro atoms. The van der Waals surface area contributed by atoms with Gasteiger partial charge >= 0.3 is 0 Å². The van der Waals surface area contributed by atoms with E-state index in [9.17, 15) is 9.18 Å². The van der Waals surface area contributed by atoms with Gasteiger partial charge in [-0.3, -0.25) is 4.79 Å². The molecule has 2 aromatic rings. The molecule has 6 nitrogen and oxygen atoms in total. The van der Waals surface area contributed by atoms with Crippen molar-refractivity contribution in [1.82, 2.24) is 20.1 Å². The molecular weight excluding hydrogens is 311 g/mol. The molecule has 1 saturated heterocycles. The fraction of sp³-hybridized carbons (Fsp3) is 0.471. The maximum atomic E-state index is 13.2. The van der Waals surface area contributed by atoms with Gasteiger partial charge in [-0.15, -0.1) is 0 Å². The third-order valence-electron chi connectivity index (χ3n) is 3.78. The molecule has 0 radical (unpaired) electrons. The van der Waals surface area contributed by atoms with Crippen molar-refractivity contribution in [2.24, 2.45) is 0 Å². The summed E-state index contributed by atoms with van der Waals surface area (Å²) in [4.78, 5) is 16.1. The number of benzene rings is 1. The first-order valence-electron chi connectivity index (χ1n) is 7.97. The molecule has 1 atom stereocenters. The minimum atomic E-state index is -0.352. The van der Waals surface area contributed by atoms with E-state index in [2.05, 4.69) is 15.4 Å². The largest absolute Gasteiger partial charge is 0.485 e. The van der Waals surface area contributed by atoms with Crippen molar-refractivity contribution in [3.05, 3.63) is 41.7 Å². The SMILES string of the molecule is CC(C)(C)n1nc(COc2cccc(F)c2)nc1C1CCC(=O)N1. The van der Waals surface area contributed by atoms with Crippen LogP contribution in [0, 0.1) is 5.82 Å². The van der Waals surface area contributed by atoms with Crippen molar-refractivity contribution < 1.29 is 13.9 Å². The lowest BCUT2D eigenvalue weighted by Gasteiger charge is -2.23. The Morgan fingerprint density at radius 3 is 2.83 bits per heavy atom. The summed E-state index contributed by atoms with van der Waals surface area (Å²) < 4.78 is 20.6. The summed E-state index contributed by atoms with van der Waals surface area (Å²) in [7, 11) is 0. The van der Waals surface area contributed by atoms with Crippen LogP contribution in [0.15, 0.2) is 24.3 Å². The van der Waals surface area contributed by atoms with E-state index in [1.165, 1.54) is 12.1 Å². The Bertz CT molecular complexity index is 751. The summed E-state index contributed by atoms with van der Waals surface area (Å²) in [5.74, 6) is 1.34. The first kappa shape index (κ1) is 16.4. The van der Waals surface area contributed by atoms with Gasteiger partial charge in [0.05, 0.1) is 11.6 Å². The maximum Gasteiger partial charge on any atom is 0.220 e. The number of ether oxygens (including phenoxy) is 1. The van der Waals surface area contributed by atoms with Crippen LogP contribution in [0.2, 0.25) is 0 Å². The predicted octanol–water partition coefficient (Wildman–Crippen LogP) is 2.70. The number of nitrogens with zero attached hydrogens (tertiary/aromatic N) is 3. The first-order valence-corrected chi connectivity index (χ1v) is 7.97. The Balaban J connectivity index is 1.81. The third-order valence-corrected chi connectivity index (χ3v) is 3.78. The second-order valence-corrected chi connectivity index (χ2v) is 6.87. The zero-order chi connectivity index (χ0) is 17.3. The van der Waals surface area contributed by atoms with Crippen LogP contribution in [0.5, 0.6) is 5.75 Å². The average Bonchev–Trinajstić information content (AvgIpc) is 3.11. The summed E-state index contributed by atoms with van der Waals surface area (Å²) >= 11 is 0. The van der Waals surface area contributed by atoms with E-state index in [4.69, 9.17) is 4.74 Å². The van der Waals surface area contributed by atoms with Gasteiger partial charge in [-0.05, 0) is 39.3 Å². The number of hydrogen-bond donors (Lipinski definition) is 1. The smallest absolute Gasteiger partial charge is 0.220 e. The predicted molar refractivity (Wildman–Crippen MR) is 85.9 cm³/mol. The lowest BCUT2D eigenvalue weighted by molar-refractivity contribution is -0.119. The first-order chi connectivity index (χ1) is 11.3.